The maximum atomic E-state index is 12.4. The molecule has 1 aromatic heterocycles. The van der Waals surface area contributed by atoms with Gasteiger partial charge in [-0.2, -0.15) is 0 Å². The first-order chi connectivity index (χ1) is 12.3. The standard InChI is InChI=1S/C15H13ClF3N3O4S/c1-27(24,25)12-3-2-10(26-15(17,18)19)4-8(12)6-22-7-9(16)5-11(13(22)20)14(21)23/h2-5,7,20H,6H2,1H3,(H2,21,23). The van der Waals surface area contributed by atoms with Gasteiger partial charge in [0.15, 0.2) is 9.84 Å². The lowest BCUT2D eigenvalue weighted by molar-refractivity contribution is -0.274. The number of sulfone groups is 1. The zero-order valence-electron chi connectivity index (χ0n) is 13.7. The van der Waals surface area contributed by atoms with Crippen LogP contribution >= 0.6 is 11.6 Å². The average molecular weight is 424 g/mol. The maximum absolute atomic E-state index is 12.4. The van der Waals surface area contributed by atoms with E-state index in [9.17, 15) is 26.4 Å². The van der Waals surface area contributed by atoms with Crippen molar-refractivity contribution in [1.29, 1.82) is 5.41 Å². The van der Waals surface area contributed by atoms with E-state index in [0.29, 0.717) is 0 Å². The molecular weight excluding hydrogens is 411 g/mol. The van der Waals surface area contributed by atoms with Gasteiger partial charge in [-0.15, -0.1) is 13.2 Å². The highest BCUT2D eigenvalue weighted by molar-refractivity contribution is 7.90. The third-order valence-electron chi connectivity index (χ3n) is 3.37. The SMILES string of the molecule is CS(=O)(=O)c1ccc(OC(F)(F)F)cc1Cn1cc(Cl)cc(C(N)=O)c1=N. The van der Waals surface area contributed by atoms with Gasteiger partial charge in [0.2, 0.25) is 0 Å². The van der Waals surface area contributed by atoms with E-state index in [1.807, 2.05) is 0 Å². The van der Waals surface area contributed by atoms with Crippen molar-refractivity contribution in [3.05, 3.63) is 52.1 Å². The van der Waals surface area contributed by atoms with Crippen LogP contribution in [0.2, 0.25) is 5.02 Å². The molecule has 0 aliphatic carbocycles. The zero-order valence-corrected chi connectivity index (χ0v) is 15.2. The van der Waals surface area contributed by atoms with Gasteiger partial charge in [-0.05, 0) is 29.8 Å². The van der Waals surface area contributed by atoms with Gasteiger partial charge in [-0.25, -0.2) is 8.42 Å². The highest BCUT2D eigenvalue weighted by Gasteiger charge is 2.31. The number of primary amides is 1. The van der Waals surface area contributed by atoms with Gasteiger partial charge in [0.05, 0.1) is 22.0 Å². The Balaban J connectivity index is 2.62. The number of rotatable bonds is 5. The number of ether oxygens (including phenoxy) is 1. The summed E-state index contributed by atoms with van der Waals surface area (Å²) >= 11 is 5.88. The Bertz CT molecular complexity index is 1060. The van der Waals surface area contributed by atoms with Gasteiger partial charge in [0, 0.05) is 12.5 Å². The van der Waals surface area contributed by atoms with E-state index < -0.39 is 27.9 Å². The molecule has 2 aromatic rings. The van der Waals surface area contributed by atoms with Crippen molar-refractivity contribution >= 4 is 27.3 Å². The van der Waals surface area contributed by atoms with Crippen LogP contribution in [-0.4, -0.2) is 31.5 Å². The normalized spacial score (nSPS) is 12.0. The monoisotopic (exact) mass is 423 g/mol. The van der Waals surface area contributed by atoms with Crippen molar-refractivity contribution in [2.45, 2.75) is 17.8 Å². The zero-order chi connectivity index (χ0) is 20.6. The first-order valence-electron chi connectivity index (χ1n) is 7.11. The number of amides is 1. The summed E-state index contributed by atoms with van der Waals surface area (Å²) in [7, 11) is -3.80. The van der Waals surface area contributed by atoms with E-state index in [2.05, 4.69) is 4.74 Å². The number of nitrogens with two attached hydrogens (primary N) is 1. The van der Waals surface area contributed by atoms with Crippen molar-refractivity contribution in [2.75, 3.05) is 6.26 Å². The Morgan fingerprint density at radius 3 is 2.48 bits per heavy atom. The number of aromatic nitrogens is 1. The van der Waals surface area contributed by atoms with Crippen molar-refractivity contribution in [1.82, 2.24) is 4.57 Å². The van der Waals surface area contributed by atoms with Gasteiger partial charge in [0.1, 0.15) is 11.2 Å². The van der Waals surface area contributed by atoms with E-state index >= 15 is 0 Å². The molecule has 12 heteroatoms. The first kappa shape index (κ1) is 20.8. The van der Waals surface area contributed by atoms with Crippen molar-refractivity contribution in [2.24, 2.45) is 5.73 Å². The molecule has 0 bridgehead atoms. The summed E-state index contributed by atoms with van der Waals surface area (Å²) in [6, 6.07) is 3.88. The highest BCUT2D eigenvalue weighted by Crippen LogP contribution is 2.27. The second-order valence-electron chi connectivity index (χ2n) is 5.50. The van der Waals surface area contributed by atoms with E-state index in [4.69, 9.17) is 22.7 Å². The summed E-state index contributed by atoms with van der Waals surface area (Å²) in [5.41, 5.74) is 4.47. The Morgan fingerprint density at radius 1 is 1.33 bits per heavy atom. The number of alkyl halides is 3. The second-order valence-corrected chi connectivity index (χ2v) is 7.92. The topological polar surface area (TPSA) is 115 Å². The molecule has 2 rings (SSSR count). The Kier molecular flexibility index (Phi) is 5.57. The predicted octanol–water partition coefficient (Wildman–Crippen LogP) is 2.07. The second kappa shape index (κ2) is 7.24. The molecule has 3 N–H and O–H groups in total. The van der Waals surface area contributed by atoms with Gasteiger partial charge < -0.3 is 15.0 Å². The number of carbonyl (C=O) groups excluding carboxylic acids is 1. The smallest absolute Gasteiger partial charge is 0.406 e. The number of hydrogen-bond acceptors (Lipinski definition) is 5. The van der Waals surface area contributed by atoms with Crippen molar-refractivity contribution in [3.8, 4) is 5.75 Å². The van der Waals surface area contributed by atoms with Gasteiger partial charge in [-0.3, -0.25) is 10.2 Å². The maximum Gasteiger partial charge on any atom is 0.573 e. The molecule has 1 amide bonds. The molecule has 1 heterocycles. The molecule has 0 aliphatic rings. The lowest BCUT2D eigenvalue weighted by atomic mass is 10.2. The average Bonchev–Trinajstić information content (AvgIpc) is 2.47. The third kappa shape index (κ3) is 5.23. The minimum absolute atomic E-state index is 0.0309. The number of hydrogen-bond donors (Lipinski definition) is 2. The summed E-state index contributed by atoms with van der Waals surface area (Å²) in [5, 5.41) is 8.02. The van der Waals surface area contributed by atoms with Crippen molar-refractivity contribution in [3.63, 3.8) is 0 Å². The van der Waals surface area contributed by atoms with Gasteiger partial charge in [-0.1, -0.05) is 11.6 Å². The number of benzene rings is 1. The van der Waals surface area contributed by atoms with Crippen LogP contribution in [0.4, 0.5) is 13.2 Å². The fourth-order valence-electron chi connectivity index (χ4n) is 2.35. The summed E-state index contributed by atoms with van der Waals surface area (Å²) in [6.07, 6.45) is -2.86. The van der Waals surface area contributed by atoms with Crippen LogP contribution in [0, 0.1) is 5.41 Å². The van der Waals surface area contributed by atoms with Crippen LogP contribution in [0.25, 0.3) is 0 Å². The van der Waals surface area contributed by atoms with Gasteiger partial charge in [0.25, 0.3) is 5.91 Å². The van der Waals surface area contributed by atoms with Crippen LogP contribution in [-0.2, 0) is 16.4 Å². The molecular formula is C15H13ClF3N3O4S. The Hall–Kier alpha value is -2.53. The van der Waals surface area contributed by atoms with E-state index in [1.54, 1.807) is 0 Å². The molecule has 0 saturated carbocycles. The molecule has 27 heavy (non-hydrogen) atoms. The lowest BCUT2D eigenvalue weighted by Gasteiger charge is -2.15. The number of carbonyl (C=O) groups is 1. The van der Waals surface area contributed by atoms with Crippen molar-refractivity contribution < 1.29 is 31.1 Å². The van der Waals surface area contributed by atoms with Crippen LogP contribution in [0.5, 0.6) is 5.75 Å². The highest BCUT2D eigenvalue weighted by atomic mass is 35.5. The van der Waals surface area contributed by atoms with E-state index in [1.165, 1.54) is 6.20 Å². The predicted molar refractivity (Wildman–Crippen MR) is 89.2 cm³/mol. The van der Waals surface area contributed by atoms with Gasteiger partial charge >= 0.3 is 6.36 Å². The number of halogens is 4. The molecule has 146 valence electrons. The number of nitrogens with zero attached hydrogens (tertiary/aromatic N) is 1. The van der Waals surface area contributed by atoms with E-state index in [-0.39, 0.29) is 33.1 Å². The molecule has 0 spiro atoms. The summed E-state index contributed by atoms with van der Waals surface area (Å²) < 4.78 is 66.1. The minimum Gasteiger partial charge on any atom is -0.406 e. The summed E-state index contributed by atoms with van der Waals surface area (Å²) in [6.45, 7) is -0.364. The Labute approximate surface area is 156 Å². The summed E-state index contributed by atoms with van der Waals surface area (Å²) in [5.74, 6) is -1.57. The van der Waals surface area contributed by atoms with Crippen LogP contribution in [0.3, 0.4) is 0 Å². The molecule has 1 aromatic carbocycles. The molecule has 0 atom stereocenters. The van der Waals surface area contributed by atoms with Crippen LogP contribution in [0.1, 0.15) is 15.9 Å². The quantitative estimate of drug-likeness (QED) is 0.765. The fourth-order valence-corrected chi connectivity index (χ4v) is 3.49. The minimum atomic E-state index is -4.97. The third-order valence-corrected chi connectivity index (χ3v) is 4.78. The molecule has 7 nitrogen and oxygen atoms in total. The molecule has 0 saturated heterocycles. The molecule has 0 fully saturated rings. The molecule has 0 aliphatic heterocycles. The molecule has 0 radical (unpaired) electrons. The van der Waals surface area contributed by atoms with Crippen LogP contribution < -0.4 is 16.0 Å². The first-order valence-corrected chi connectivity index (χ1v) is 9.38. The number of pyridine rings is 1. The summed E-state index contributed by atoms with van der Waals surface area (Å²) in [4.78, 5) is 11.1. The Morgan fingerprint density at radius 2 is 1.96 bits per heavy atom. The largest absolute Gasteiger partial charge is 0.573 e. The van der Waals surface area contributed by atoms with E-state index in [0.717, 1.165) is 35.1 Å². The number of nitrogens with one attached hydrogen (secondary N) is 1. The fraction of sp³-hybridized carbons (Fsp3) is 0.200. The van der Waals surface area contributed by atoms with Crippen LogP contribution in [0.15, 0.2) is 35.4 Å². The lowest BCUT2D eigenvalue weighted by Crippen LogP contribution is -2.30. The molecule has 0 unspecified atom stereocenters.